The van der Waals surface area contributed by atoms with Gasteiger partial charge < -0.3 is 14.8 Å². The Labute approximate surface area is 157 Å². The summed E-state index contributed by atoms with van der Waals surface area (Å²) in [5.41, 5.74) is 1.25. The molecule has 7 nitrogen and oxygen atoms in total. The van der Waals surface area contributed by atoms with Gasteiger partial charge in [-0.25, -0.2) is 0 Å². The number of nitrogens with one attached hydrogen (secondary N) is 1. The molecule has 0 fully saturated rings. The zero-order chi connectivity index (χ0) is 19.4. The maximum absolute atomic E-state index is 12.6. The van der Waals surface area contributed by atoms with Gasteiger partial charge >= 0.3 is 0 Å². The van der Waals surface area contributed by atoms with Crippen molar-refractivity contribution >= 4 is 11.6 Å². The molecule has 3 rings (SSSR count). The van der Waals surface area contributed by atoms with Gasteiger partial charge in [-0.2, -0.15) is 0 Å². The summed E-state index contributed by atoms with van der Waals surface area (Å²) in [4.78, 5) is 23.2. The van der Waals surface area contributed by atoms with E-state index in [1.165, 1.54) is 6.07 Å². The van der Waals surface area contributed by atoms with Gasteiger partial charge in [0.1, 0.15) is 13.2 Å². The molecule has 7 heteroatoms. The number of fused-ring (bicyclic) bond motifs is 1. The number of nitrogens with zero attached hydrogens (tertiary/aromatic N) is 1. The number of para-hydroxylation sites is 1. The fourth-order valence-electron chi connectivity index (χ4n) is 3.12. The van der Waals surface area contributed by atoms with Gasteiger partial charge in [0, 0.05) is 11.6 Å². The normalized spacial score (nSPS) is 13.9. The summed E-state index contributed by atoms with van der Waals surface area (Å²) in [7, 11) is 0. The Morgan fingerprint density at radius 2 is 1.85 bits per heavy atom. The molecule has 0 saturated heterocycles. The summed E-state index contributed by atoms with van der Waals surface area (Å²) in [6.07, 6.45) is -0.0507. The molecule has 1 aliphatic rings. The molecular weight excluding hydrogens is 348 g/mol. The predicted molar refractivity (Wildman–Crippen MR) is 100.0 cm³/mol. The molecule has 27 heavy (non-hydrogen) atoms. The van der Waals surface area contributed by atoms with Crippen LogP contribution in [0.5, 0.6) is 11.5 Å². The smallest absolute Gasteiger partial charge is 0.273 e. The van der Waals surface area contributed by atoms with Crippen molar-refractivity contribution in [2.24, 2.45) is 5.92 Å². The first kappa shape index (κ1) is 18.7. The molecule has 2 aromatic rings. The van der Waals surface area contributed by atoms with Crippen LogP contribution in [0.1, 0.15) is 31.0 Å². The van der Waals surface area contributed by atoms with E-state index in [2.05, 4.69) is 5.32 Å². The zero-order valence-electron chi connectivity index (χ0n) is 15.3. The Morgan fingerprint density at radius 3 is 2.56 bits per heavy atom. The molecule has 142 valence electrons. The molecule has 1 unspecified atom stereocenters. The molecule has 2 aromatic carbocycles. The molecule has 1 aliphatic heterocycles. The minimum absolute atomic E-state index is 0.0481. The minimum Gasteiger partial charge on any atom is -0.486 e. The molecular formula is C20H22N2O5. The Kier molecular flexibility index (Phi) is 5.59. The Balaban J connectivity index is 1.77. The van der Waals surface area contributed by atoms with Crippen molar-refractivity contribution in [1.82, 2.24) is 5.32 Å². The number of hydrogen-bond donors (Lipinski definition) is 1. The first-order valence-electron chi connectivity index (χ1n) is 8.87. The van der Waals surface area contributed by atoms with Crippen LogP contribution in [-0.2, 0) is 11.2 Å². The molecule has 0 aromatic heterocycles. The van der Waals surface area contributed by atoms with E-state index in [1.807, 2.05) is 32.0 Å². The Bertz CT molecular complexity index is 850. The maximum atomic E-state index is 12.6. The summed E-state index contributed by atoms with van der Waals surface area (Å²) in [5.74, 6) is 1.22. The van der Waals surface area contributed by atoms with E-state index in [4.69, 9.17) is 9.47 Å². The van der Waals surface area contributed by atoms with E-state index in [-0.39, 0.29) is 30.0 Å². The topological polar surface area (TPSA) is 90.7 Å². The third kappa shape index (κ3) is 4.36. The molecule has 1 N–H and O–H groups in total. The van der Waals surface area contributed by atoms with Gasteiger partial charge in [0.05, 0.1) is 17.4 Å². The summed E-state index contributed by atoms with van der Waals surface area (Å²) in [6.45, 7) is 5.03. The number of nitro benzene ring substituents is 1. The minimum atomic E-state index is -0.469. The van der Waals surface area contributed by atoms with E-state index in [0.29, 0.717) is 30.3 Å². The lowest BCUT2D eigenvalue weighted by Crippen LogP contribution is -2.33. The summed E-state index contributed by atoms with van der Waals surface area (Å²) >= 11 is 0. The Morgan fingerprint density at radius 1 is 1.15 bits per heavy atom. The average Bonchev–Trinajstić information content (AvgIpc) is 2.65. The van der Waals surface area contributed by atoms with E-state index in [9.17, 15) is 14.9 Å². The Hall–Kier alpha value is -3.09. The van der Waals surface area contributed by atoms with Gasteiger partial charge in [-0.1, -0.05) is 38.1 Å². The first-order chi connectivity index (χ1) is 13.0. The van der Waals surface area contributed by atoms with Crippen molar-refractivity contribution in [3.8, 4) is 11.5 Å². The number of carbonyl (C=O) groups excluding carboxylic acids is 1. The lowest BCUT2D eigenvalue weighted by atomic mass is 9.95. The summed E-state index contributed by atoms with van der Waals surface area (Å²) in [5, 5.41) is 14.1. The van der Waals surface area contributed by atoms with Gasteiger partial charge in [0.2, 0.25) is 5.91 Å². The van der Waals surface area contributed by atoms with Crippen LogP contribution in [0.3, 0.4) is 0 Å². The van der Waals surface area contributed by atoms with E-state index < -0.39 is 4.92 Å². The van der Waals surface area contributed by atoms with E-state index >= 15 is 0 Å². The van der Waals surface area contributed by atoms with Crippen molar-refractivity contribution in [1.29, 1.82) is 0 Å². The van der Waals surface area contributed by atoms with E-state index in [0.717, 1.165) is 5.56 Å². The van der Waals surface area contributed by atoms with Crippen LogP contribution in [-0.4, -0.2) is 24.0 Å². The predicted octanol–water partition coefficient (Wildman–Crippen LogP) is 3.42. The van der Waals surface area contributed by atoms with Crippen LogP contribution >= 0.6 is 0 Å². The van der Waals surface area contributed by atoms with Crippen LogP contribution in [0, 0.1) is 16.0 Å². The molecule has 1 heterocycles. The number of benzene rings is 2. The standard InChI is InChI=1S/C20H22N2O5/c1-13(2)20(15-7-8-17-18(11-15)27-10-9-26-17)21-19(23)12-14-5-3-4-6-16(14)22(24)25/h3-8,11,13,20H,9-10,12H2,1-2H3,(H,21,23). The highest BCUT2D eigenvalue weighted by atomic mass is 16.6. The molecule has 0 aliphatic carbocycles. The fraction of sp³-hybridized carbons (Fsp3) is 0.350. The first-order valence-corrected chi connectivity index (χ1v) is 8.87. The van der Waals surface area contributed by atoms with Crippen LogP contribution in [0.2, 0.25) is 0 Å². The third-order valence-electron chi connectivity index (χ3n) is 4.45. The second-order valence-corrected chi connectivity index (χ2v) is 6.75. The summed E-state index contributed by atoms with van der Waals surface area (Å²) < 4.78 is 11.2. The fourth-order valence-corrected chi connectivity index (χ4v) is 3.12. The van der Waals surface area contributed by atoms with Crippen LogP contribution in [0.25, 0.3) is 0 Å². The van der Waals surface area contributed by atoms with Gasteiger partial charge in [-0.15, -0.1) is 0 Å². The molecule has 0 saturated carbocycles. The second-order valence-electron chi connectivity index (χ2n) is 6.75. The maximum Gasteiger partial charge on any atom is 0.273 e. The third-order valence-corrected chi connectivity index (χ3v) is 4.45. The molecule has 1 atom stereocenters. The highest BCUT2D eigenvalue weighted by Crippen LogP contribution is 2.34. The molecule has 1 amide bonds. The second kappa shape index (κ2) is 8.07. The lowest BCUT2D eigenvalue weighted by molar-refractivity contribution is -0.385. The highest BCUT2D eigenvalue weighted by molar-refractivity contribution is 5.80. The lowest BCUT2D eigenvalue weighted by Gasteiger charge is -2.25. The van der Waals surface area contributed by atoms with Crippen LogP contribution in [0.4, 0.5) is 5.69 Å². The highest BCUT2D eigenvalue weighted by Gasteiger charge is 2.23. The number of rotatable bonds is 6. The number of amides is 1. The van der Waals surface area contributed by atoms with Crippen molar-refractivity contribution in [3.05, 3.63) is 63.7 Å². The number of ether oxygens (including phenoxy) is 2. The molecule has 0 spiro atoms. The zero-order valence-corrected chi connectivity index (χ0v) is 15.3. The van der Waals surface area contributed by atoms with Gasteiger partial charge in [0.15, 0.2) is 11.5 Å². The van der Waals surface area contributed by atoms with Crippen LogP contribution in [0.15, 0.2) is 42.5 Å². The quantitative estimate of drug-likeness (QED) is 0.621. The van der Waals surface area contributed by atoms with E-state index in [1.54, 1.807) is 18.2 Å². The van der Waals surface area contributed by atoms with Gasteiger partial charge in [-0.05, 0) is 23.6 Å². The molecule has 0 radical (unpaired) electrons. The van der Waals surface area contributed by atoms with Crippen molar-refractivity contribution in [2.45, 2.75) is 26.3 Å². The van der Waals surface area contributed by atoms with Crippen LogP contribution < -0.4 is 14.8 Å². The SMILES string of the molecule is CC(C)C(NC(=O)Cc1ccccc1[N+](=O)[O-])c1ccc2c(c1)OCCO2. The summed E-state index contributed by atoms with van der Waals surface area (Å²) in [6, 6.07) is 11.7. The van der Waals surface area contributed by atoms with Crippen molar-refractivity contribution < 1.29 is 19.2 Å². The monoisotopic (exact) mass is 370 g/mol. The number of carbonyl (C=O) groups is 1. The van der Waals surface area contributed by atoms with Gasteiger partial charge in [-0.3, -0.25) is 14.9 Å². The number of nitro groups is 1. The molecule has 0 bridgehead atoms. The average molecular weight is 370 g/mol. The largest absolute Gasteiger partial charge is 0.486 e. The number of hydrogen-bond acceptors (Lipinski definition) is 5. The van der Waals surface area contributed by atoms with Crippen molar-refractivity contribution in [3.63, 3.8) is 0 Å². The van der Waals surface area contributed by atoms with Gasteiger partial charge in [0.25, 0.3) is 5.69 Å². The van der Waals surface area contributed by atoms with Crippen molar-refractivity contribution in [2.75, 3.05) is 13.2 Å².